The quantitative estimate of drug-likeness (QED) is 0.631. The summed E-state index contributed by atoms with van der Waals surface area (Å²) in [5.74, 6) is 0. The fraction of sp³-hybridized carbons (Fsp3) is 0. The highest BCUT2D eigenvalue weighted by Gasteiger charge is 1.91. The SMILES string of the molecule is N#CC#N.O=[N+]([O-])O.c1ccc(-c2ccccc2)cc1. The van der Waals surface area contributed by atoms with Crippen LogP contribution in [0, 0.1) is 32.8 Å². The molecule has 0 unspecified atom stereocenters. The van der Waals surface area contributed by atoms with E-state index < -0.39 is 5.09 Å². The Morgan fingerprint density at radius 3 is 1.30 bits per heavy atom. The van der Waals surface area contributed by atoms with Gasteiger partial charge in [0.2, 0.25) is 0 Å². The molecule has 2 aromatic rings. The third-order valence-corrected chi connectivity index (χ3v) is 1.93. The van der Waals surface area contributed by atoms with E-state index in [1.807, 2.05) is 12.1 Å². The molecule has 0 radical (unpaired) electrons. The molecule has 0 aliphatic carbocycles. The van der Waals surface area contributed by atoms with E-state index in [0.29, 0.717) is 0 Å². The molecule has 0 saturated heterocycles. The molecule has 2 aromatic carbocycles. The fourth-order valence-corrected chi connectivity index (χ4v) is 1.26. The smallest absolute Gasteiger partial charge is 0.291 e. The normalized spacial score (nSPS) is 7.50. The molecule has 0 heterocycles. The Labute approximate surface area is 115 Å². The summed E-state index contributed by atoms with van der Waals surface area (Å²) >= 11 is 0. The van der Waals surface area contributed by atoms with Crippen molar-refractivity contribution in [2.24, 2.45) is 0 Å². The van der Waals surface area contributed by atoms with Gasteiger partial charge in [-0.25, -0.2) is 0 Å². The molecule has 0 bridgehead atoms. The van der Waals surface area contributed by atoms with Crippen LogP contribution in [-0.4, -0.2) is 10.3 Å². The Balaban J connectivity index is 0.000000380. The van der Waals surface area contributed by atoms with Gasteiger partial charge in [0.1, 0.15) is 0 Å². The van der Waals surface area contributed by atoms with Crippen LogP contribution in [0.15, 0.2) is 60.7 Å². The predicted octanol–water partition coefficient (Wildman–Crippen LogP) is 3.04. The largest absolute Gasteiger partial charge is 0.328 e. The van der Waals surface area contributed by atoms with E-state index in [1.165, 1.54) is 23.3 Å². The number of benzene rings is 2. The van der Waals surface area contributed by atoms with Crippen molar-refractivity contribution >= 4 is 0 Å². The molecule has 0 spiro atoms. The van der Waals surface area contributed by atoms with Crippen molar-refractivity contribution in [3.05, 3.63) is 70.8 Å². The second-order valence-corrected chi connectivity index (χ2v) is 3.19. The minimum atomic E-state index is -1.50. The average molecular weight is 269 g/mol. The first kappa shape index (κ1) is 16.6. The Bertz CT molecular complexity index is 533. The van der Waals surface area contributed by atoms with E-state index in [0.717, 1.165) is 0 Å². The maximum atomic E-state index is 8.36. The Kier molecular flexibility index (Phi) is 8.94. The summed E-state index contributed by atoms with van der Waals surface area (Å²) in [6, 6.07) is 23.3. The molecule has 0 amide bonds. The fourth-order valence-electron chi connectivity index (χ4n) is 1.26. The van der Waals surface area contributed by atoms with Crippen molar-refractivity contribution in [2.75, 3.05) is 0 Å². The van der Waals surface area contributed by atoms with E-state index in [-0.39, 0.29) is 0 Å². The van der Waals surface area contributed by atoms with Crippen LogP contribution in [0.25, 0.3) is 11.1 Å². The predicted molar refractivity (Wildman–Crippen MR) is 71.9 cm³/mol. The molecular weight excluding hydrogens is 258 g/mol. The van der Waals surface area contributed by atoms with Gasteiger partial charge >= 0.3 is 0 Å². The minimum absolute atomic E-state index is 1.24. The van der Waals surface area contributed by atoms with Gasteiger partial charge < -0.3 is 5.21 Å². The van der Waals surface area contributed by atoms with E-state index in [4.69, 9.17) is 25.8 Å². The molecule has 0 aromatic heterocycles. The topological polar surface area (TPSA) is 111 Å². The number of hydrogen-bond donors (Lipinski definition) is 1. The van der Waals surface area contributed by atoms with Gasteiger partial charge in [-0.05, 0) is 11.1 Å². The van der Waals surface area contributed by atoms with Crippen LogP contribution in [0.3, 0.4) is 0 Å². The number of hydrogen-bond acceptors (Lipinski definition) is 4. The van der Waals surface area contributed by atoms with Gasteiger partial charge in [-0.1, -0.05) is 60.7 Å². The summed E-state index contributed by atoms with van der Waals surface area (Å²) in [6.45, 7) is 0. The lowest BCUT2D eigenvalue weighted by molar-refractivity contribution is -0.742. The molecule has 6 nitrogen and oxygen atoms in total. The zero-order valence-corrected chi connectivity index (χ0v) is 10.4. The van der Waals surface area contributed by atoms with Crippen molar-refractivity contribution in [2.45, 2.75) is 0 Å². The Morgan fingerprint density at radius 1 is 0.850 bits per heavy atom. The first-order valence-corrected chi connectivity index (χ1v) is 5.33. The number of rotatable bonds is 1. The van der Waals surface area contributed by atoms with Crippen molar-refractivity contribution in [3.8, 4) is 23.3 Å². The average Bonchev–Trinajstić information content (AvgIpc) is 2.49. The summed E-state index contributed by atoms with van der Waals surface area (Å²) in [4.78, 5) is 8.36. The van der Waals surface area contributed by atoms with Gasteiger partial charge in [0.25, 0.3) is 5.09 Å². The Morgan fingerprint density at radius 2 is 1.10 bits per heavy atom. The number of nitrogens with zero attached hydrogens (tertiary/aromatic N) is 3. The van der Waals surface area contributed by atoms with Crippen LogP contribution >= 0.6 is 0 Å². The molecule has 20 heavy (non-hydrogen) atoms. The van der Waals surface area contributed by atoms with Gasteiger partial charge in [-0.15, -0.1) is 10.1 Å². The van der Waals surface area contributed by atoms with Crippen LogP contribution in [0.1, 0.15) is 0 Å². The Hall–Kier alpha value is -3.38. The monoisotopic (exact) mass is 269 g/mol. The molecule has 1 N–H and O–H groups in total. The van der Waals surface area contributed by atoms with E-state index in [9.17, 15) is 0 Å². The van der Waals surface area contributed by atoms with Gasteiger partial charge in [-0.2, -0.15) is 10.5 Å². The van der Waals surface area contributed by atoms with Gasteiger partial charge in [0.05, 0.1) is 0 Å². The van der Waals surface area contributed by atoms with E-state index in [1.54, 1.807) is 0 Å². The summed E-state index contributed by atoms with van der Waals surface area (Å²) in [5.41, 5.74) is 2.55. The summed E-state index contributed by atoms with van der Waals surface area (Å²) in [5, 5.41) is 28.2. The first-order chi connectivity index (χ1) is 9.61. The lowest BCUT2D eigenvalue weighted by Gasteiger charge is -1.98. The van der Waals surface area contributed by atoms with Crippen LogP contribution in [0.4, 0.5) is 0 Å². The van der Waals surface area contributed by atoms with Crippen molar-refractivity contribution in [1.82, 2.24) is 0 Å². The van der Waals surface area contributed by atoms with E-state index in [2.05, 4.69) is 48.5 Å². The maximum absolute atomic E-state index is 8.36. The zero-order chi connectivity index (χ0) is 15.2. The standard InChI is InChI=1S/C12H10.C2N2.HNO3/c1-3-7-11(8-4-1)12-9-5-2-6-10-12;3-1-2-4;2-1(3)4/h1-10H;;(H,2,3,4). The highest BCUT2D eigenvalue weighted by Crippen LogP contribution is 2.17. The summed E-state index contributed by atoms with van der Waals surface area (Å²) in [7, 11) is 0. The summed E-state index contributed by atoms with van der Waals surface area (Å²) < 4.78 is 0. The molecule has 0 fully saturated rings. The van der Waals surface area contributed by atoms with Crippen LogP contribution in [-0.2, 0) is 0 Å². The zero-order valence-electron chi connectivity index (χ0n) is 10.4. The van der Waals surface area contributed by atoms with Crippen molar-refractivity contribution in [1.29, 1.82) is 10.5 Å². The molecule has 2 rings (SSSR count). The van der Waals surface area contributed by atoms with Gasteiger partial charge in [0.15, 0.2) is 12.1 Å². The highest BCUT2D eigenvalue weighted by atomic mass is 16.9. The number of nitriles is 2. The lowest BCUT2D eigenvalue weighted by Crippen LogP contribution is -1.81. The van der Waals surface area contributed by atoms with Crippen LogP contribution in [0.2, 0.25) is 0 Å². The molecule has 6 heteroatoms. The maximum Gasteiger partial charge on any atom is 0.291 e. The minimum Gasteiger partial charge on any atom is -0.328 e. The highest BCUT2D eigenvalue weighted by molar-refractivity contribution is 5.62. The summed E-state index contributed by atoms with van der Waals surface area (Å²) in [6.07, 6.45) is 0. The first-order valence-electron chi connectivity index (χ1n) is 5.33. The third-order valence-electron chi connectivity index (χ3n) is 1.93. The van der Waals surface area contributed by atoms with Crippen molar-refractivity contribution in [3.63, 3.8) is 0 Å². The second kappa shape index (κ2) is 10.8. The lowest BCUT2D eigenvalue weighted by atomic mass is 10.1. The second-order valence-electron chi connectivity index (χ2n) is 3.19. The molecule has 0 aliphatic heterocycles. The van der Waals surface area contributed by atoms with Crippen LogP contribution < -0.4 is 0 Å². The van der Waals surface area contributed by atoms with Crippen LogP contribution in [0.5, 0.6) is 0 Å². The third kappa shape index (κ3) is 8.74. The van der Waals surface area contributed by atoms with Crippen molar-refractivity contribution < 1.29 is 10.3 Å². The van der Waals surface area contributed by atoms with Gasteiger partial charge in [0, 0.05) is 0 Å². The molecule has 0 saturated carbocycles. The molecular formula is C14H11N3O3. The molecule has 100 valence electrons. The molecule has 0 aliphatic rings. The van der Waals surface area contributed by atoms with Gasteiger partial charge in [-0.3, -0.25) is 0 Å². The van der Waals surface area contributed by atoms with E-state index >= 15 is 0 Å². The molecule has 0 atom stereocenters.